The summed E-state index contributed by atoms with van der Waals surface area (Å²) in [4.78, 5) is 56.8. The van der Waals surface area contributed by atoms with Crippen LogP contribution in [0.5, 0.6) is 5.75 Å². The zero-order valence-electron chi connectivity index (χ0n) is 26.9. The number of hydrogen-bond donors (Lipinski definition) is 0. The van der Waals surface area contributed by atoms with Gasteiger partial charge >= 0.3 is 0 Å². The SMILES string of the molecule is CN(C)C=O.COc1cc2c(cc1C(=O)N1CCC(Cc3ccc(F)cc3)CC1)c(C(=O)C(=O)N1CCCN(C)CC1)cn2C. The van der Waals surface area contributed by atoms with Gasteiger partial charge in [0.05, 0.1) is 23.8 Å². The Bertz CT molecular complexity index is 1510. The second-order valence-electron chi connectivity index (χ2n) is 12.1. The average Bonchev–Trinajstić information content (AvgIpc) is 3.20. The number of piperidine rings is 1. The Kier molecular flexibility index (Phi) is 11.3. The number of ketones is 1. The normalized spacial score (nSPS) is 16.0. The van der Waals surface area contributed by atoms with Crippen molar-refractivity contribution in [2.75, 3.05) is 67.5 Å². The van der Waals surface area contributed by atoms with Crippen molar-refractivity contribution in [3.63, 3.8) is 0 Å². The minimum atomic E-state index is -0.555. The summed E-state index contributed by atoms with van der Waals surface area (Å²) in [6, 6.07) is 10.1. The van der Waals surface area contributed by atoms with Crippen molar-refractivity contribution in [2.45, 2.75) is 25.7 Å². The van der Waals surface area contributed by atoms with E-state index in [9.17, 15) is 23.6 Å². The fourth-order valence-electron chi connectivity index (χ4n) is 5.90. The van der Waals surface area contributed by atoms with Gasteiger partial charge in [0.2, 0.25) is 6.41 Å². The van der Waals surface area contributed by atoms with Crippen LogP contribution in [0.1, 0.15) is 45.5 Å². The molecule has 0 N–H and O–H groups in total. The molecule has 45 heavy (non-hydrogen) atoms. The number of hydrogen-bond acceptors (Lipinski definition) is 6. The van der Waals surface area contributed by atoms with E-state index in [0.29, 0.717) is 54.4 Å². The predicted octanol–water partition coefficient (Wildman–Crippen LogP) is 3.47. The number of carbonyl (C=O) groups excluding carboxylic acids is 4. The first-order chi connectivity index (χ1) is 21.5. The van der Waals surface area contributed by atoms with Crippen LogP contribution >= 0.6 is 0 Å². The third-order valence-electron chi connectivity index (χ3n) is 8.54. The second-order valence-corrected chi connectivity index (χ2v) is 12.1. The molecule has 3 amide bonds. The van der Waals surface area contributed by atoms with Gasteiger partial charge in [-0.25, -0.2) is 4.39 Å². The molecule has 0 bridgehead atoms. The van der Waals surface area contributed by atoms with Crippen LogP contribution in [0, 0.1) is 11.7 Å². The molecule has 0 atom stereocenters. The molecule has 5 rings (SSSR count). The molecule has 2 aromatic carbocycles. The van der Waals surface area contributed by atoms with Crippen LogP contribution < -0.4 is 4.74 Å². The largest absolute Gasteiger partial charge is 0.496 e. The number of methoxy groups -OCH3 is 1. The topological polar surface area (TPSA) is 95.4 Å². The lowest BCUT2D eigenvalue weighted by Crippen LogP contribution is -2.39. The molecule has 11 heteroatoms. The number of nitrogens with zero attached hydrogens (tertiary/aromatic N) is 5. The number of carbonyl (C=O) groups is 4. The van der Waals surface area contributed by atoms with Crippen molar-refractivity contribution in [2.24, 2.45) is 13.0 Å². The zero-order valence-corrected chi connectivity index (χ0v) is 26.9. The van der Waals surface area contributed by atoms with Gasteiger partial charge in [-0.2, -0.15) is 0 Å². The van der Waals surface area contributed by atoms with Gasteiger partial charge in [-0.1, -0.05) is 12.1 Å². The molecule has 1 aromatic heterocycles. The van der Waals surface area contributed by atoms with E-state index >= 15 is 0 Å². The number of aryl methyl sites for hydroxylation is 1. The number of rotatable bonds is 7. The van der Waals surface area contributed by atoms with Gasteiger partial charge in [0, 0.05) is 71.5 Å². The summed E-state index contributed by atoms with van der Waals surface area (Å²) in [6.45, 7) is 3.89. The minimum absolute atomic E-state index is 0.150. The van der Waals surface area contributed by atoms with E-state index in [2.05, 4.69) is 4.90 Å². The van der Waals surface area contributed by atoms with Gasteiger partial charge in [-0.3, -0.25) is 19.2 Å². The average molecular weight is 622 g/mol. The summed E-state index contributed by atoms with van der Waals surface area (Å²) < 4.78 is 20.7. The van der Waals surface area contributed by atoms with Crippen LogP contribution in [0.3, 0.4) is 0 Å². The lowest BCUT2D eigenvalue weighted by Gasteiger charge is -2.32. The van der Waals surface area contributed by atoms with Gasteiger partial charge in [0.15, 0.2) is 0 Å². The summed E-state index contributed by atoms with van der Waals surface area (Å²) in [5, 5.41) is 0.572. The van der Waals surface area contributed by atoms with E-state index in [1.165, 1.54) is 24.1 Å². The van der Waals surface area contributed by atoms with Crippen LogP contribution in [0.15, 0.2) is 42.6 Å². The number of fused-ring (bicyclic) bond motifs is 1. The smallest absolute Gasteiger partial charge is 0.295 e. The maximum Gasteiger partial charge on any atom is 0.295 e. The number of aromatic nitrogens is 1. The van der Waals surface area contributed by atoms with Gasteiger partial charge in [-0.05, 0) is 69.0 Å². The Morgan fingerprint density at radius 1 is 0.933 bits per heavy atom. The van der Waals surface area contributed by atoms with E-state index in [0.717, 1.165) is 56.3 Å². The summed E-state index contributed by atoms with van der Waals surface area (Å²) in [6.07, 6.45) is 5.80. The third-order valence-corrected chi connectivity index (χ3v) is 8.54. The van der Waals surface area contributed by atoms with E-state index in [4.69, 9.17) is 4.74 Å². The van der Waals surface area contributed by atoms with E-state index in [1.807, 2.05) is 31.1 Å². The highest BCUT2D eigenvalue weighted by Gasteiger charge is 2.30. The number of amides is 3. The van der Waals surface area contributed by atoms with Crippen molar-refractivity contribution in [3.05, 3.63) is 65.1 Å². The fraction of sp³-hybridized carbons (Fsp3) is 0.471. The van der Waals surface area contributed by atoms with Crippen LogP contribution in [-0.4, -0.2) is 116 Å². The second kappa shape index (κ2) is 15.2. The molecule has 10 nitrogen and oxygen atoms in total. The molecular weight excluding hydrogens is 577 g/mol. The molecular formula is C34H44FN5O5. The molecule has 242 valence electrons. The molecule has 0 spiro atoms. The van der Waals surface area contributed by atoms with Gasteiger partial charge in [0.1, 0.15) is 11.6 Å². The number of ether oxygens (including phenoxy) is 1. The van der Waals surface area contributed by atoms with Crippen molar-refractivity contribution >= 4 is 34.9 Å². The molecule has 3 heterocycles. The number of likely N-dealkylation sites (N-methyl/N-ethyl adjacent to an activating group) is 1. The summed E-state index contributed by atoms with van der Waals surface area (Å²) in [5.74, 6) is -0.592. The minimum Gasteiger partial charge on any atom is -0.496 e. The molecule has 0 unspecified atom stereocenters. The van der Waals surface area contributed by atoms with Crippen LogP contribution in [-0.2, 0) is 23.1 Å². The van der Waals surface area contributed by atoms with Gasteiger partial charge in [0.25, 0.3) is 17.6 Å². The number of likely N-dealkylation sites (tertiary alicyclic amines) is 1. The highest BCUT2D eigenvalue weighted by molar-refractivity contribution is 6.45. The first kappa shape index (κ1) is 33.6. The molecule has 0 radical (unpaired) electrons. The van der Waals surface area contributed by atoms with Crippen LogP contribution in [0.25, 0.3) is 10.9 Å². The monoisotopic (exact) mass is 621 g/mol. The third kappa shape index (κ3) is 8.27. The predicted molar refractivity (Wildman–Crippen MR) is 171 cm³/mol. The Hall–Kier alpha value is -4.25. The highest BCUT2D eigenvalue weighted by Crippen LogP contribution is 2.32. The lowest BCUT2D eigenvalue weighted by molar-refractivity contribution is -0.126. The molecule has 2 aliphatic rings. The van der Waals surface area contributed by atoms with Crippen LogP contribution in [0.2, 0.25) is 0 Å². The Morgan fingerprint density at radius 3 is 2.22 bits per heavy atom. The van der Waals surface area contributed by atoms with Gasteiger partial charge in [-0.15, -0.1) is 0 Å². The fourth-order valence-corrected chi connectivity index (χ4v) is 5.90. The standard InChI is InChI=1S/C31H37FN4O4.C3H7NO/c1-33-11-4-12-35(16-15-33)31(39)29(37)26-20-34(2)27-19-28(40-3)25(18-24(26)27)30(38)36-13-9-22(10-14-36)17-21-5-7-23(32)8-6-21;1-4(2)3-5/h5-8,18-20,22H,4,9-17H2,1-3H3;3H,1-2H3. The number of halogens is 1. The van der Waals surface area contributed by atoms with E-state index in [1.54, 1.807) is 41.9 Å². The molecule has 0 aliphatic carbocycles. The first-order valence-corrected chi connectivity index (χ1v) is 15.4. The Morgan fingerprint density at radius 2 is 1.60 bits per heavy atom. The quantitative estimate of drug-likeness (QED) is 0.228. The van der Waals surface area contributed by atoms with Crippen molar-refractivity contribution in [1.82, 2.24) is 24.2 Å². The van der Waals surface area contributed by atoms with E-state index < -0.39 is 11.7 Å². The lowest BCUT2D eigenvalue weighted by atomic mass is 9.90. The summed E-state index contributed by atoms with van der Waals surface area (Å²) >= 11 is 0. The maximum atomic E-state index is 13.7. The van der Waals surface area contributed by atoms with Gasteiger partial charge < -0.3 is 28.9 Å². The Balaban J connectivity index is 0.000000854. The zero-order chi connectivity index (χ0) is 32.7. The molecule has 2 saturated heterocycles. The van der Waals surface area contributed by atoms with Crippen molar-refractivity contribution in [3.8, 4) is 5.75 Å². The molecule has 2 aliphatic heterocycles. The molecule has 3 aromatic rings. The first-order valence-electron chi connectivity index (χ1n) is 15.4. The van der Waals surface area contributed by atoms with Crippen molar-refractivity contribution < 1.29 is 28.3 Å². The molecule has 0 saturated carbocycles. The van der Waals surface area contributed by atoms with Crippen LogP contribution in [0.4, 0.5) is 4.39 Å². The highest BCUT2D eigenvalue weighted by atomic mass is 19.1. The van der Waals surface area contributed by atoms with Crippen molar-refractivity contribution in [1.29, 1.82) is 0 Å². The van der Waals surface area contributed by atoms with E-state index in [-0.39, 0.29) is 11.7 Å². The summed E-state index contributed by atoms with van der Waals surface area (Å²) in [5.41, 5.74) is 2.50. The summed E-state index contributed by atoms with van der Waals surface area (Å²) in [7, 11) is 8.74. The Labute approximate surface area is 264 Å². The number of Topliss-reactive ketones (excluding diaryl/α,β-unsaturated/α-hetero) is 1. The molecule has 2 fully saturated rings. The maximum absolute atomic E-state index is 13.7. The number of benzene rings is 2.